The zero-order valence-electron chi connectivity index (χ0n) is 7.13. The molecule has 0 aliphatic carbocycles. The molecule has 0 heterocycles. The molecular formula is C7H17NO2. The molecule has 3 nitrogen and oxygen atoms in total. The number of nitrogens with zero attached hydrogens (tertiary/aromatic N) is 1. The van der Waals surface area contributed by atoms with E-state index < -0.39 is 5.60 Å². The van der Waals surface area contributed by atoms with Crippen molar-refractivity contribution in [3.05, 3.63) is 0 Å². The molecule has 0 fully saturated rings. The van der Waals surface area contributed by atoms with Gasteiger partial charge in [0.25, 0.3) is 0 Å². The van der Waals surface area contributed by atoms with Crippen LogP contribution in [0.2, 0.25) is 0 Å². The van der Waals surface area contributed by atoms with Gasteiger partial charge in [-0.3, -0.25) is 0 Å². The standard InChI is InChI=1S/C7H17NO2/c1-6(8(3)4)7(2,10)5-9/h6,9-10H,5H2,1-4H3. The fourth-order valence-electron chi connectivity index (χ4n) is 0.688. The second kappa shape index (κ2) is 3.32. The highest BCUT2D eigenvalue weighted by molar-refractivity contribution is 4.83. The first-order chi connectivity index (χ1) is 4.41. The average molecular weight is 147 g/mol. The minimum Gasteiger partial charge on any atom is -0.393 e. The minimum absolute atomic E-state index is 0.0301. The summed E-state index contributed by atoms with van der Waals surface area (Å²) in [6.45, 7) is 3.29. The fraction of sp³-hybridized carbons (Fsp3) is 1.00. The molecule has 0 spiro atoms. The zero-order valence-corrected chi connectivity index (χ0v) is 7.13. The van der Waals surface area contributed by atoms with E-state index in [1.165, 1.54) is 0 Å². The molecule has 0 aromatic heterocycles. The average Bonchev–Trinajstić information content (AvgIpc) is 1.86. The van der Waals surface area contributed by atoms with Gasteiger partial charge < -0.3 is 15.1 Å². The first-order valence-electron chi connectivity index (χ1n) is 3.41. The molecule has 0 saturated carbocycles. The van der Waals surface area contributed by atoms with Crippen molar-refractivity contribution < 1.29 is 10.2 Å². The van der Waals surface area contributed by atoms with E-state index in [0.717, 1.165) is 0 Å². The Labute approximate surface area is 62.3 Å². The van der Waals surface area contributed by atoms with Crippen LogP contribution in [0, 0.1) is 0 Å². The molecular weight excluding hydrogens is 130 g/mol. The predicted molar refractivity (Wildman–Crippen MR) is 40.9 cm³/mol. The van der Waals surface area contributed by atoms with E-state index in [0.29, 0.717) is 0 Å². The second-order valence-corrected chi connectivity index (χ2v) is 3.15. The number of likely N-dealkylation sites (N-methyl/N-ethyl adjacent to an activating group) is 1. The summed E-state index contributed by atoms with van der Waals surface area (Å²) in [7, 11) is 3.74. The van der Waals surface area contributed by atoms with Crippen LogP contribution in [0.15, 0.2) is 0 Å². The third-order valence-corrected chi connectivity index (χ3v) is 1.99. The van der Waals surface area contributed by atoms with E-state index in [9.17, 15) is 5.11 Å². The molecule has 0 aromatic carbocycles. The van der Waals surface area contributed by atoms with Crippen LogP contribution in [0.3, 0.4) is 0 Å². The molecule has 2 unspecified atom stereocenters. The quantitative estimate of drug-likeness (QED) is 0.575. The van der Waals surface area contributed by atoms with Crippen molar-refractivity contribution in [1.29, 1.82) is 0 Å². The Kier molecular flexibility index (Phi) is 3.28. The minimum atomic E-state index is -0.997. The smallest absolute Gasteiger partial charge is 0.100 e. The monoisotopic (exact) mass is 147 g/mol. The first-order valence-corrected chi connectivity index (χ1v) is 3.41. The van der Waals surface area contributed by atoms with Gasteiger partial charge in [-0.1, -0.05) is 0 Å². The number of rotatable bonds is 3. The third-order valence-electron chi connectivity index (χ3n) is 1.99. The first kappa shape index (κ1) is 9.88. The molecule has 2 atom stereocenters. The molecule has 0 aromatic rings. The number of aliphatic hydroxyl groups is 2. The number of hydrogen-bond donors (Lipinski definition) is 2. The molecule has 10 heavy (non-hydrogen) atoms. The van der Waals surface area contributed by atoms with E-state index in [-0.39, 0.29) is 12.6 Å². The van der Waals surface area contributed by atoms with Gasteiger partial charge in [0.2, 0.25) is 0 Å². The molecule has 0 aliphatic rings. The van der Waals surface area contributed by atoms with E-state index in [4.69, 9.17) is 5.11 Å². The van der Waals surface area contributed by atoms with Crippen LogP contribution in [0.4, 0.5) is 0 Å². The molecule has 62 valence electrons. The molecule has 0 rings (SSSR count). The molecule has 0 radical (unpaired) electrons. The lowest BCUT2D eigenvalue weighted by atomic mass is 9.99. The van der Waals surface area contributed by atoms with Gasteiger partial charge in [0.15, 0.2) is 0 Å². The van der Waals surface area contributed by atoms with Crippen LogP contribution in [0.25, 0.3) is 0 Å². The van der Waals surface area contributed by atoms with Crippen LogP contribution >= 0.6 is 0 Å². The molecule has 3 heteroatoms. The van der Waals surface area contributed by atoms with Crippen molar-refractivity contribution in [1.82, 2.24) is 4.90 Å². The Bertz CT molecular complexity index is 102. The van der Waals surface area contributed by atoms with Gasteiger partial charge in [0.05, 0.1) is 6.61 Å². The highest BCUT2D eigenvalue weighted by Gasteiger charge is 2.28. The lowest BCUT2D eigenvalue weighted by Gasteiger charge is -2.32. The molecule has 2 N–H and O–H groups in total. The van der Waals surface area contributed by atoms with Gasteiger partial charge in [-0.15, -0.1) is 0 Å². The van der Waals surface area contributed by atoms with Crippen molar-refractivity contribution in [3.8, 4) is 0 Å². The summed E-state index contributed by atoms with van der Waals surface area (Å²) in [5, 5.41) is 18.2. The summed E-state index contributed by atoms with van der Waals surface area (Å²) in [5.74, 6) is 0. The van der Waals surface area contributed by atoms with Crippen molar-refractivity contribution in [3.63, 3.8) is 0 Å². The maximum Gasteiger partial charge on any atom is 0.100 e. The Morgan fingerprint density at radius 2 is 1.90 bits per heavy atom. The Morgan fingerprint density at radius 3 is 2.00 bits per heavy atom. The summed E-state index contributed by atoms with van der Waals surface area (Å²) >= 11 is 0. The number of aliphatic hydroxyl groups excluding tert-OH is 1. The number of hydrogen-bond acceptors (Lipinski definition) is 3. The van der Waals surface area contributed by atoms with Gasteiger partial charge in [-0.05, 0) is 27.9 Å². The van der Waals surface area contributed by atoms with Crippen molar-refractivity contribution >= 4 is 0 Å². The lowest BCUT2D eigenvalue weighted by Crippen LogP contribution is -2.48. The van der Waals surface area contributed by atoms with Crippen molar-refractivity contribution in [2.75, 3.05) is 20.7 Å². The van der Waals surface area contributed by atoms with Gasteiger partial charge in [0.1, 0.15) is 5.60 Å². The summed E-state index contributed by atoms with van der Waals surface area (Å²) in [5.41, 5.74) is -0.997. The maximum atomic E-state index is 9.47. The van der Waals surface area contributed by atoms with Gasteiger partial charge in [0, 0.05) is 6.04 Å². The van der Waals surface area contributed by atoms with E-state index in [1.54, 1.807) is 6.92 Å². The Hall–Kier alpha value is -0.120. The van der Waals surface area contributed by atoms with Crippen LogP contribution in [-0.2, 0) is 0 Å². The van der Waals surface area contributed by atoms with E-state index in [1.807, 2.05) is 25.9 Å². The van der Waals surface area contributed by atoms with Gasteiger partial charge in [-0.25, -0.2) is 0 Å². The Morgan fingerprint density at radius 1 is 1.50 bits per heavy atom. The van der Waals surface area contributed by atoms with Crippen LogP contribution < -0.4 is 0 Å². The van der Waals surface area contributed by atoms with Crippen LogP contribution in [0.1, 0.15) is 13.8 Å². The van der Waals surface area contributed by atoms with Crippen molar-refractivity contribution in [2.24, 2.45) is 0 Å². The lowest BCUT2D eigenvalue weighted by molar-refractivity contribution is -0.0509. The van der Waals surface area contributed by atoms with Crippen LogP contribution in [-0.4, -0.2) is 47.5 Å². The third kappa shape index (κ3) is 2.25. The predicted octanol–water partition coefficient (Wildman–Crippen LogP) is -0.320. The van der Waals surface area contributed by atoms with E-state index >= 15 is 0 Å². The molecule has 0 bridgehead atoms. The maximum absolute atomic E-state index is 9.47. The highest BCUT2D eigenvalue weighted by Crippen LogP contribution is 2.11. The van der Waals surface area contributed by atoms with Gasteiger partial charge >= 0.3 is 0 Å². The topological polar surface area (TPSA) is 43.7 Å². The van der Waals surface area contributed by atoms with E-state index in [2.05, 4.69) is 0 Å². The highest BCUT2D eigenvalue weighted by atomic mass is 16.3. The molecule has 0 saturated heterocycles. The SMILES string of the molecule is CC(N(C)C)C(C)(O)CO. The Balaban J connectivity index is 4.03. The van der Waals surface area contributed by atoms with Crippen molar-refractivity contribution in [2.45, 2.75) is 25.5 Å². The summed E-state index contributed by atoms with van der Waals surface area (Å²) in [6.07, 6.45) is 0. The summed E-state index contributed by atoms with van der Waals surface area (Å²) in [4.78, 5) is 1.87. The normalized spacial score (nSPS) is 20.7. The largest absolute Gasteiger partial charge is 0.393 e. The zero-order chi connectivity index (χ0) is 8.36. The summed E-state index contributed by atoms with van der Waals surface area (Å²) in [6, 6.07) is -0.0301. The van der Waals surface area contributed by atoms with Crippen LogP contribution in [0.5, 0.6) is 0 Å². The molecule has 0 aliphatic heterocycles. The fourth-order valence-corrected chi connectivity index (χ4v) is 0.688. The summed E-state index contributed by atoms with van der Waals surface area (Å²) < 4.78 is 0. The second-order valence-electron chi connectivity index (χ2n) is 3.15. The van der Waals surface area contributed by atoms with Gasteiger partial charge in [-0.2, -0.15) is 0 Å². The molecule has 0 amide bonds.